The Balaban J connectivity index is 4.51. The van der Waals surface area contributed by atoms with Crippen molar-refractivity contribution in [2.75, 3.05) is 13.2 Å². The second-order valence-corrected chi connectivity index (χ2v) is 17.4. The molecular weight excluding hydrogens is 817 g/mol. The van der Waals surface area contributed by atoms with Crippen LogP contribution < -0.4 is 0 Å². The van der Waals surface area contributed by atoms with Gasteiger partial charge in [-0.3, -0.25) is 14.4 Å². The molecular formula is C60H98O6. The van der Waals surface area contributed by atoms with Crippen LogP contribution in [0.5, 0.6) is 0 Å². The summed E-state index contributed by atoms with van der Waals surface area (Å²) < 4.78 is 16.8. The maximum atomic E-state index is 12.8. The SMILES string of the molecule is CC/C=C\C/C=C\C/C=C\C/C=C\C/C=C\CCCCCC(=O)OCC(COC(=O)CCCCCCCCCCCCCCC)OC(=O)CCCCC/C=C\C/C=C\C/C=C\C/C=C\CC. The van der Waals surface area contributed by atoms with Crippen molar-refractivity contribution in [3.63, 3.8) is 0 Å². The fraction of sp³-hybridized carbons (Fsp3) is 0.650. The van der Waals surface area contributed by atoms with Crippen LogP contribution in [0.1, 0.15) is 233 Å². The molecule has 0 aromatic rings. The van der Waals surface area contributed by atoms with Gasteiger partial charge in [0.2, 0.25) is 0 Å². The third kappa shape index (κ3) is 51.1. The van der Waals surface area contributed by atoms with E-state index in [0.717, 1.165) is 128 Å². The molecule has 0 rings (SSSR count). The maximum Gasteiger partial charge on any atom is 0.306 e. The lowest BCUT2D eigenvalue weighted by Crippen LogP contribution is -2.30. The molecule has 0 aromatic heterocycles. The zero-order valence-electron chi connectivity index (χ0n) is 42.7. The van der Waals surface area contributed by atoms with Gasteiger partial charge in [-0.25, -0.2) is 0 Å². The molecule has 0 N–H and O–H groups in total. The van der Waals surface area contributed by atoms with Crippen molar-refractivity contribution in [3.8, 4) is 0 Å². The lowest BCUT2D eigenvalue weighted by molar-refractivity contribution is -0.167. The van der Waals surface area contributed by atoms with E-state index in [1.54, 1.807) is 0 Å². The highest BCUT2D eigenvalue weighted by molar-refractivity contribution is 5.71. The molecule has 374 valence electrons. The van der Waals surface area contributed by atoms with Gasteiger partial charge in [0.1, 0.15) is 13.2 Å². The Morgan fingerprint density at radius 3 is 0.924 bits per heavy atom. The standard InChI is InChI=1S/C60H98O6/c1-4-7-10-13-16-19-22-25-27-29-30-31-33-35-38-41-44-47-50-53-59(62)65-56-57(55-64-58(61)52-49-46-43-40-37-34-24-21-18-15-12-9-6-3)66-60(63)54-51-48-45-42-39-36-32-28-26-23-20-17-14-11-8-5-2/h7-8,10-11,16-17,19-20,25-28,30-31,35-36,38-39,57H,4-6,9,12-15,18,21-24,29,32-34,37,40-56H2,1-3H3/b10-7-,11-8-,19-16-,20-17-,27-25-,28-26-,31-30-,38-35-,39-36-. The molecule has 0 bridgehead atoms. The van der Waals surface area contributed by atoms with Gasteiger partial charge in [0.05, 0.1) is 0 Å². The Morgan fingerprint density at radius 2 is 0.591 bits per heavy atom. The number of carbonyl (C=O) groups is 3. The summed E-state index contributed by atoms with van der Waals surface area (Å²) >= 11 is 0. The van der Waals surface area contributed by atoms with Crippen molar-refractivity contribution in [2.45, 2.75) is 239 Å². The van der Waals surface area contributed by atoms with Crippen LogP contribution in [0.4, 0.5) is 0 Å². The fourth-order valence-electron chi connectivity index (χ4n) is 7.05. The topological polar surface area (TPSA) is 78.9 Å². The van der Waals surface area contributed by atoms with Gasteiger partial charge in [-0.1, -0.05) is 220 Å². The zero-order valence-corrected chi connectivity index (χ0v) is 42.7. The van der Waals surface area contributed by atoms with Crippen LogP contribution in [0.3, 0.4) is 0 Å². The van der Waals surface area contributed by atoms with E-state index in [4.69, 9.17) is 14.2 Å². The number of hydrogen-bond acceptors (Lipinski definition) is 6. The van der Waals surface area contributed by atoms with Crippen LogP contribution in [-0.2, 0) is 28.6 Å². The van der Waals surface area contributed by atoms with Crippen molar-refractivity contribution in [2.24, 2.45) is 0 Å². The van der Waals surface area contributed by atoms with E-state index in [-0.39, 0.29) is 37.5 Å². The predicted molar refractivity (Wildman–Crippen MR) is 283 cm³/mol. The number of unbranched alkanes of at least 4 members (excludes halogenated alkanes) is 18. The molecule has 0 fully saturated rings. The smallest absolute Gasteiger partial charge is 0.306 e. The van der Waals surface area contributed by atoms with Crippen LogP contribution in [0.15, 0.2) is 109 Å². The van der Waals surface area contributed by atoms with E-state index in [2.05, 4.69) is 130 Å². The Kier molecular flexibility index (Phi) is 50.5. The van der Waals surface area contributed by atoms with Gasteiger partial charge in [0.25, 0.3) is 0 Å². The minimum Gasteiger partial charge on any atom is -0.462 e. The van der Waals surface area contributed by atoms with Crippen molar-refractivity contribution in [1.29, 1.82) is 0 Å². The third-order valence-corrected chi connectivity index (χ3v) is 11.0. The summed E-state index contributed by atoms with van der Waals surface area (Å²) in [4.78, 5) is 38.0. The molecule has 0 aliphatic carbocycles. The van der Waals surface area contributed by atoms with Gasteiger partial charge in [-0.15, -0.1) is 0 Å². The fourth-order valence-corrected chi connectivity index (χ4v) is 7.05. The van der Waals surface area contributed by atoms with Crippen molar-refractivity contribution in [1.82, 2.24) is 0 Å². The Labute approximate surface area is 406 Å². The maximum absolute atomic E-state index is 12.8. The first kappa shape index (κ1) is 62.1. The summed E-state index contributed by atoms with van der Waals surface area (Å²) in [5.74, 6) is -0.969. The van der Waals surface area contributed by atoms with Gasteiger partial charge < -0.3 is 14.2 Å². The monoisotopic (exact) mass is 915 g/mol. The molecule has 0 heterocycles. The highest BCUT2D eigenvalue weighted by atomic mass is 16.6. The van der Waals surface area contributed by atoms with Crippen LogP contribution in [-0.4, -0.2) is 37.2 Å². The molecule has 1 atom stereocenters. The van der Waals surface area contributed by atoms with Crippen molar-refractivity contribution >= 4 is 17.9 Å². The summed E-state index contributed by atoms with van der Waals surface area (Å²) in [5, 5.41) is 0. The summed E-state index contributed by atoms with van der Waals surface area (Å²) in [6.07, 6.45) is 72.1. The molecule has 66 heavy (non-hydrogen) atoms. The van der Waals surface area contributed by atoms with Gasteiger partial charge in [0.15, 0.2) is 6.10 Å². The number of ether oxygens (including phenoxy) is 3. The minimum atomic E-state index is -0.809. The molecule has 0 saturated heterocycles. The van der Waals surface area contributed by atoms with E-state index in [1.165, 1.54) is 64.2 Å². The van der Waals surface area contributed by atoms with Crippen LogP contribution >= 0.6 is 0 Å². The number of carbonyl (C=O) groups excluding carboxylic acids is 3. The second kappa shape index (κ2) is 53.7. The van der Waals surface area contributed by atoms with Crippen molar-refractivity contribution < 1.29 is 28.6 Å². The number of allylic oxidation sites excluding steroid dienone is 18. The Morgan fingerprint density at radius 1 is 0.318 bits per heavy atom. The van der Waals surface area contributed by atoms with Gasteiger partial charge in [-0.05, 0) is 103 Å². The van der Waals surface area contributed by atoms with Crippen LogP contribution in [0.2, 0.25) is 0 Å². The summed E-state index contributed by atoms with van der Waals surface area (Å²) in [6.45, 7) is 6.35. The Bertz CT molecular complexity index is 1370. The minimum absolute atomic E-state index is 0.102. The van der Waals surface area contributed by atoms with Crippen LogP contribution in [0.25, 0.3) is 0 Å². The molecule has 6 nitrogen and oxygen atoms in total. The molecule has 1 unspecified atom stereocenters. The lowest BCUT2D eigenvalue weighted by atomic mass is 10.0. The predicted octanol–water partition coefficient (Wildman–Crippen LogP) is 17.9. The van der Waals surface area contributed by atoms with Gasteiger partial charge >= 0.3 is 17.9 Å². The molecule has 0 aliphatic rings. The van der Waals surface area contributed by atoms with E-state index in [1.807, 2.05) is 0 Å². The summed E-state index contributed by atoms with van der Waals surface area (Å²) in [6, 6.07) is 0. The lowest BCUT2D eigenvalue weighted by Gasteiger charge is -2.18. The number of rotatable bonds is 47. The molecule has 0 aromatic carbocycles. The average Bonchev–Trinajstić information content (AvgIpc) is 3.31. The highest BCUT2D eigenvalue weighted by Crippen LogP contribution is 2.14. The first-order valence-electron chi connectivity index (χ1n) is 26.9. The second-order valence-electron chi connectivity index (χ2n) is 17.4. The van der Waals surface area contributed by atoms with Gasteiger partial charge in [-0.2, -0.15) is 0 Å². The molecule has 0 aliphatic heterocycles. The zero-order chi connectivity index (χ0) is 47.9. The molecule has 0 saturated carbocycles. The normalized spacial score (nSPS) is 13.0. The summed E-state index contributed by atoms with van der Waals surface area (Å²) in [5.41, 5.74) is 0. The number of hydrogen-bond donors (Lipinski definition) is 0. The largest absolute Gasteiger partial charge is 0.462 e. The number of esters is 3. The summed E-state index contributed by atoms with van der Waals surface area (Å²) in [7, 11) is 0. The van der Waals surface area contributed by atoms with Crippen molar-refractivity contribution in [3.05, 3.63) is 109 Å². The molecule has 6 heteroatoms. The average molecular weight is 915 g/mol. The molecule has 0 spiro atoms. The first-order chi connectivity index (χ1) is 32.5. The van der Waals surface area contributed by atoms with Crippen LogP contribution in [0, 0.1) is 0 Å². The molecule has 0 amide bonds. The van der Waals surface area contributed by atoms with E-state index >= 15 is 0 Å². The highest BCUT2D eigenvalue weighted by Gasteiger charge is 2.19. The van der Waals surface area contributed by atoms with E-state index < -0.39 is 6.10 Å². The van der Waals surface area contributed by atoms with E-state index in [9.17, 15) is 14.4 Å². The van der Waals surface area contributed by atoms with Gasteiger partial charge in [0, 0.05) is 19.3 Å². The van der Waals surface area contributed by atoms with E-state index in [0.29, 0.717) is 12.8 Å². The quantitative estimate of drug-likeness (QED) is 0.0262. The Hall–Kier alpha value is -3.93. The first-order valence-corrected chi connectivity index (χ1v) is 26.9. The third-order valence-electron chi connectivity index (χ3n) is 11.0. The molecule has 0 radical (unpaired) electrons.